The van der Waals surface area contributed by atoms with Crippen LogP contribution in [0.1, 0.15) is 46.3 Å². The minimum atomic E-state index is -0.422. The van der Waals surface area contributed by atoms with Crippen molar-refractivity contribution < 1.29 is 18.3 Å². The molecule has 184 valence electrons. The van der Waals surface area contributed by atoms with E-state index in [-0.39, 0.29) is 34.2 Å². The Kier molecular flexibility index (Phi) is 6.65. The Morgan fingerprint density at radius 1 is 0.611 bits per heavy atom. The van der Waals surface area contributed by atoms with Crippen LogP contribution in [-0.2, 0) is 0 Å². The van der Waals surface area contributed by atoms with Gasteiger partial charge in [0.1, 0.15) is 0 Å². The Labute approximate surface area is 217 Å². The third-order valence-corrected chi connectivity index (χ3v) is 7.50. The Morgan fingerprint density at radius 2 is 1.00 bits per heavy atom. The van der Waals surface area contributed by atoms with E-state index < -0.39 is 11.8 Å². The summed E-state index contributed by atoms with van der Waals surface area (Å²) in [6.07, 6.45) is 2.70. The summed E-state index contributed by atoms with van der Waals surface area (Å²) in [6, 6.07) is 17.5. The van der Waals surface area contributed by atoms with Gasteiger partial charge in [0, 0.05) is 45.8 Å². The molecule has 1 fully saturated rings. The predicted molar refractivity (Wildman–Crippen MR) is 137 cm³/mol. The maximum absolute atomic E-state index is 12.7. The molecule has 2 aromatic heterocycles. The molecule has 36 heavy (non-hydrogen) atoms. The van der Waals surface area contributed by atoms with Crippen LogP contribution in [0.4, 0.5) is 0 Å². The topological polar surface area (TPSA) is 78.9 Å². The van der Waals surface area contributed by atoms with Gasteiger partial charge in [0.15, 0.2) is 11.5 Å². The van der Waals surface area contributed by atoms with Gasteiger partial charge >= 0.3 is 0 Å². The first-order valence-electron chi connectivity index (χ1n) is 11.3. The van der Waals surface area contributed by atoms with E-state index in [2.05, 4.69) is 0 Å². The second-order valence-electron chi connectivity index (χ2n) is 8.51. The van der Waals surface area contributed by atoms with E-state index in [0.717, 1.165) is 11.1 Å². The molecule has 8 heteroatoms. The SMILES string of the molecule is COc1c(C2C(c3ccccc3Cl)C(c3occc(=O)c3OC)C2c2ccccc2Cl)occc1=O. The summed E-state index contributed by atoms with van der Waals surface area (Å²) < 4.78 is 22.9. The van der Waals surface area contributed by atoms with E-state index >= 15 is 0 Å². The number of rotatable bonds is 6. The molecule has 0 atom stereocenters. The normalized spacial score (nSPS) is 21.0. The van der Waals surface area contributed by atoms with Crippen molar-refractivity contribution in [1.82, 2.24) is 0 Å². The molecule has 6 nitrogen and oxygen atoms in total. The summed E-state index contributed by atoms with van der Waals surface area (Å²) >= 11 is 13.4. The van der Waals surface area contributed by atoms with Crippen LogP contribution in [0.5, 0.6) is 11.5 Å². The van der Waals surface area contributed by atoms with Crippen LogP contribution in [0, 0.1) is 0 Å². The van der Waals surface area contributed by atoms with Crippen molar-refractivity contribution in [3.8, 4) is 11.5 Å². The summed E-state index contributed by atoms with van der Waals surface area (Å²) in [5.74, 6) is -0.616. The zero-order valence-electron chi connectivity index (χ0n) is 19.4. The van der Waals surface area contributed by atoms with Gasteiger partial charge in [-0.25, -0.2) is 0 Å². The quantitative estimate of drug-likeness (QED) is 0.291. The first-order chi connectivity index (χ1) is 17.5. The van der Waals surface area contributed by atoms with E-state index in [4.69, 9.17) is 41.5 Å². The first kappa shape index (κ1) is 24.2. The van der Waals surface area contributed by atoms with Gasteiger partial charge in [-0.1, -0.05) is 59.6 Å². The lowest BCUT2D eigenvalue weighted by Gasteiger charge is -2.52. The number of hydrogen-bond acceptors (Lipinski definition) is 6. The number of methoxy groups -OCH3 is 2. The first-order valence-corrected chi connectivity index (χ1v) is 12.0. The Balaban J connectivity index is 1.83. The standard InChI is InChI=1S/C28H22Cl2O6/c1-33-25-19(31)11-13-35-27(25)23-21(15-7-3-5-9-17(15)29)24(22(23)16-8-4-6-10-18(16)30)28-26(34-2)20(32)12-14-36-28/h3-14,21-24H,1-2H3. The maximum atomic E-state index is 12.7. The molecule has 5 rings (SSSR count). The lowest BCUT2D eigenvalue weighted by molar-refractivity contribution is 0.161. The van der Waals surface area contributed by atoms with Crippen molar-refractivity contribution in [2.45, 2.75) is 23.7 Å². The highest BCUT2D eigenvalue weighted by Crippen LogP contribution is 2.69. The van der Waals surface area contributed by atoms with Gasteiger partial charge in [-0.15, -0.1) is 0 Å². The van der Waals surface area contributed by atoms with E-state index in [9.17, 15) is 9.59 Å². The van der Waals surface area contributed by atoms with Gasteiger partial charge in [-0.2, -0.15) is 0 Å². The minimum Gasteiger partial charge on any atom is -0.490 e. The van der Waals surface area contributed by atoms with Gasteiger partial charge in [0.25, 0.3) is 0 Å². The average molecular weight is 525 g/mol. The predicted octanol–water partition coefficient (Wildman–Crippen LogP) is 6.37. The monoisotopic (exact) mass is 524 g/mol. The summed E-state index contributed by atoms with van der Waals surface area (Å²) in [5, 5.41) is 1.06. The van der Waals surface area contributed by atoms with Gasteiger partial charge in [0.2, 0.25) is 22.4 Å². The molecule has 0 spiro atoms. The lowest BCUT2D eigenvalue weighted by atomic mass is 9.51. The number of ether oxygens (including phenoxy) is 2. The van der Waals surface area contributed by atoms with Crippen LogP contribution in [-0.4, -0.2) is 14.2 Å². The van der Waals surface area contributed by atoms with Crippen LogP contribution in [0.2, 0.25) is 10.0 Å². The molecule has 0 aliphatic heterocycles. The summed E-state index contributed by atoms with van der Waals surface area (Å²) in [5.41, 5.74) is 1.00. The van der Waals surface area contributed by atoms with Gasteiger partial charge < -0.3 is 18.3 Å². The highest BCUT2D eigenvalue weighted by molar-refractivity contribution is 6.31. The molecular weight excluding hydrogens is 503 g/mol. The fraction of sp³-hybridized carbons (Fsp3) is 0.214. The van der Waals surface area contributed by atoms with Crippen molar-refractivity contribution >= 4 is 23.2 Å². The molecule has 0 N–H and O–H groups in total. The molecule has 2 aromatic carbocycles. The van der Waals surface area contributed by atoms with Crippen molar-refractivity contribution in [2.75, 3.05) is 14.2 Å². The molecule has 0 amide bonds. The molecule has 0 bridgehead atoms. The third kappa shape index (κ3) is 3.91. The van der Waals surface area contributed by atoms with Crippen molar-refractivity contribution in [3.05, 3.63) is 126 Å². The van der Waals surface area contributed by atoms with Crippen LogP contribution >= 0.6 is 23.2 Å². The zero-order chi connectivity index (χ0) is 25.4. The fourth-order valence-electron chi connectivity index (χ4n) is 5.37. The molecule has 0 unspecified atom stereocenters. The second-order valence-corrected chi connectivity index (χ2v) is 9.33. The molecule has 0 radical (unpaired) electrons. The Morgan fingerprint density at radius 3 is 1.36 bits per heavy atom. The Bertz CT molecular complexity index is 1400. The van der Waals surface area contributed by atoms with E-state index in [0.29, 0.717) is 21.6 Å². The molecule has 1 saturated carbocycles. The average Bonchev–Trinajstić information content (AvgIpc) is 2.86. The molecule has 2 heterocycles. The van der Waals surface area contributed by atoms with Crippen molar-refractivity contribution in [2.24, 2.45) is 0 Å². The van der Waals surface area contributed by atoms with Gasteiger partial charge in [0.05, 0.1) is 26.7 Å². The van der Waals surface area contributed by atoms with Gasteiger partial charge in [-0.3, -0.25) is 9.59 Å². The lowest BCUT2D eigenvalue weighted by Crippen LogP contribution is -2.41. The van der Waals surface area contributed by atoms with Crippen LogP contribution < -0.4 is 20.3 Å². The molecule has 0 saturated heterocycles. The van der Waals surface area contributed by atoms with Crippen molar-refractivity contribution in [1.29, 1.82) is 0 Å². The van der Waals surface area contributed by atoms with Crippen molar-refractivity contribution in [3.63, 3.8) is 0 Å². The molecule has 1 aliphatic rings. The highest BCUT2D eigenvalue weighted by atomic mass is 35.5. The minimum absolute atomic E-state index is 0.108. The largest absolute Gasteiger partial charge is 0.490 e. The zero-order valence-corrected chi connectivity index (χ0v) is 21.0. The molecular formula is C28H22Cl2O6. The number of halogens is 2. The third-order valence-electron chi connectivity index (χ3n) is 6.81. The summed E-state index contributed by atoms with van der Waals surface area (Å²) in [6.45, 7) is 0. The van der Waals surface area contributed by atoms with Crippen LogP contribution in [0.3, 0.4) is 0 Å². The van der Waals surface area contributed by atoms with E-state index in [1.54, 1.807) is 12.1 Å². The number of hydrogen-bond donors (Lipinski definition) is 0. The summed E-state index contributed by atoms with van der Waals surface area (Å²) in [7, 11) is 2.86. The fourth-order valence-corrected chi connectivity index (χ4v) is 5.89. The Hall–Kier alpha value is -3.48. The van der Waals surface area contributed by atoms with Crippen LogP contribution in [0.25, 0.3) is 0 Å². The molecule has 1 aliphatic carbocycles. The molecule has 4 aromatic rings. The van der Waals surface area contributed by atoms with E-state index in [1.807, 2.05) is 36.4 Å². The van der Waals surface area contributed by atoms with E-state index in [1.165, 1.54) is 38.9 Å². The maximum Gasteiger partial charge on any atom is 0.227 e. The van der Waals surface area contributed by atoms with Gasteiger partial charge in [-0.05, 0) is 23.3 Å². The highest BCUT2D eigenvalue weighted by Gasteiger charge is 2.58. The number of benzene rings is 2. The smallest absolute Gasteiger partial charge is 0.227 e. The summed E-state index contributed by atoms with van der Waals surface area (Å²) in [4.78, 5) is 25.4. The second kappa shape index (κ2) is 9.88. The van der Waals surface area contributed by atoms with Crippen LogP contribution in [0.15, 0.2) is 91.6 Å².